The molecule has 0 radical (unpaired) electrons. The predicted octanol–water partition coefficient (Wildman–Crippen LogP) is 2.82. The van der Waals surface area contributed by atoms with Gasteiger partial charge in [-0.2, -0.15) is 0 Å². The van der Waals surface area contributed by atoms with Gasteiger partial charge in [-0.1, -0.05) is 40.9 Å². The molecule has 1 N–H and O–H groups in total. The van der Waals surface area contributed by atoms with Crippen LogP contribution in [0, 0.1) is 0 Å². The van der Waals surface area contributed by atoms with Crippen LogP contribution in [0.4, 0.5) is 0 Å². The molecule has 0 amide bonds. The lowest BCUT2D eigenvalue weighted by molar-refractivity contribution is 0.596. The standard InChI is InChI=1S/C11H12Cl3NO2S/c12-11(13,14)18(16,17)10-4-3-8-2-1-5-15-7-9(8)6-10/h3-4,6,15H,1-2,5,7H2. The number of aryl methyl sites for hydroxylation is 1. The highest BCUT2D eigenvalue weighted by Gasteiger charge is 2.39. The lowest BCUT2D eigenvalue weighted by Gasteiger charge is -2.14. The van der Waals surface area contributed by atoms with E-state index in [0.717, 1.165) is 30.5 Å². The van der Waals surface area contributed by atoms with Crippen LogP contribution in [0.3, 0.4) is 0 Å². The maximum atomic E-state index is 12.0. The minimum Gasteiger partial charge on any atom is -0.313 e. The Labute approximate surface area is 121 Å². The number of hydrogen-bond donors (Lipinski definition) is 1. The summed E-state index contributed by atoms with van der Waals surface area (Å²) in [5, 5.41) is 3.23. The molecule has 3 nitrogen and oxygen atoms in total. The maximum Gasteiger partial charge on any atom is 0.296 e. The summed E-state index contributed by atoms with van der Waals surface area (Å²) in [4.78, 5) is 0.0463. The van der Waals surface area contributed by atoms with E-state index in [9.17, 15) is 8.42 Å². The van der Waals surface area contributed by atoms with Gasteiger partial charge in [0.2, 0.25) is 9.84 Å². The molecule has 0 aliphatic carbocycles. The number of hydrogen-bond acceptors (Lipinski definition) is 3. The summed E-state index contributed by atoms with van der Waals surface area (Å²) in [6.45, 7) is 1.56. The average Bonchev–Trinajstić information content (AvgIpc) is 2.51. The number of rotatable bonds is 1. The molecule has 0 fully saturated rings. The third-order valence-corrected chi connectivity index (χ3v) is 6.22. The fraction of sp³-hybridized carbons (Fsp3) is 0.455. The quantitative estimate of drug-likeness (QED) is 0.806. The van der Waals surface area contributed by atoms with Crippen LogP contribution >= 0.6 is 34.8 Å². The lowest BCUT2D eigenvalue weighted by Crippen LogP contribution is -2.20. The molecule has 0 unspecified atom stereocenters. The van der Waals surface area contributed by atoms with E-state index in [0.29, 0.717) is 6.54 Å². The topological polar surface area (TPSA) is 46.2 Å². The molecule has 0 aromatic heterocycles. The first-order chi connectivity index (χ1) is 8.32. The molecular formula is C11H12Cl3NO2S. The predicted molar refractivity (Wildman–Crippen MR) is 73.9 cm³/mol. The zero-order chi connectivity index (χ0) is 13.4. The molecule has 1 heterocycles. The molecule has 100 valence electrons. The van der Waals surface area contributed by atoms with Crippen molar-refractivity contribution < 1.29 is 8.42 Å². The number of halogens is 3. The first kappa shape index (κ1) is 14.4. The molecule has 7 heteroatoms. The highest BCUT2D eigenvalue weighted by atomic mass is 35.6. The van der Waals surface area contributed by atoms with Crippen molar-refractivity contribution in [2.45, 2.75) is 27.4 Å². The van der Waals surface area contributed by atoms with Gasteiger partial charge in [0.1, 0.15) is 0 Å². The van der Waals surface area contributed by atoms with E-state index < -0.39 is 13.0 Å². The lowest BCUT2D eigenvalue weighted by atomic mass is 10.0. The van der Waals surface area contributed by atoms with Gasteiger partial charge in [-0.15, -0.1) is 0 Å². The summed E-state index contributed by atoms with van der Waals surface area (Å²) in [6.07, 6.45) is 1.96. The Morgan fingerprint density at radius 1 is 1.17 bits per heavy atom. The second-order valence-corrected chi connectivity index (χ2v) is 9.20. The van der Waals surface area contributed by atoms with E-state index in [1.54, 1.807) is 12.1 Å². The summed E-state index contributed by atoms with van der Waals surface area (Å²) >= 11 is 16.5. The Kier molecular flexibility index (Phi) is 4.14. The third-order valence-electron chi connectivity index (χ3n) is 2.91. The van der Waals surface area contributed by atoms with Crippen molar-refractivity contribution >= 4 is 44.6 Å². The van der Waals surface area contributed by atoms with Gasteiger partial charge in [-0.05, 0) is 42.6 Å². The van der Waals surface area contributed by atoms with Crippen LogP contribution in [-0.2, 0) is 22.8 Å². The molecular weight excluding hydrogens is 317 g/mol. The number of sulfone groups is 1. The van der Waals surface area contributed by atoms with Crippen LogP contribution in [0.5, 0.6) is 0 Å². The van der Waals surface area contributed by atoms with Gasteiger partial charge in [0.05, 0.1) is 4.90 Å². The smallest absolute Gasteiger partial charge is 0.296 e. The van der Waals surface area contributed by atoms with Gasteiger partial charge < -0.3 is 5.32 Å². The summed E-state index contributed by atoms with van der Waals surface area (Å²) in [5.41, 5.74) is 2.09. The van der Waals surface area contributed by atoms with E-state index in [-0.39, 0.29) is 4.90 Å². The molecule has 0 spiro atoms. The maximum absolute atomic E-state index is 12.0. The minimum absolute atomic E-state index is 0.0463. The average molecular weight is 329 g/mol. The molecule has 1 aliphatic rings. The summed E-state index contributed by atoms with van der Waals surface area (Å²) in [5.74, 6) is 0. The molecule has 1 aromatic carbocycles. The first-order valence-electron chi connectivity index (χ1n) is 5.46. The van der Waals surface area contributed by atoms with Gasteiger partial charge in [-0.3, -0.25) is 0 Å². The zero-order valence-corrected chi connectivity index (χ0v) is 12.5. The van der Waals surface area contributed by atoms with Gasteiger partial charge in [0.15, 0.2) is 0 Å². The second kappa shape index (κ2) is 5.17. The molecule has 1 aromatic rings. The normalized spacial score (nSPS) is 17.1. The Hall–Kier alpha value is -0.000000000000000111. The van der Waals surface area contributed by atoms with E-state index >= 15 is 0 Å². The molecule has 0 saturated heterocycles. The molecule has 2 rings (SSSR count). The Bertz CT molecular complexity index is 552. The number of fused-ring (bicyclic) bond motifs is 1. The highest BCUT2D eigenvalue weighted by molar-refractivity contribution is 7.97. The van der Waals surface area contributed by atoms with Gasteiger partial charge >= 0.3 is 0 Å². The third kappa shape index (κ3) is 2.78. The highest BCUT2D eigenvalue weighted by Crippen LogP contribution is 2.38. The minimum atomic E-state index is -3.95. The number of alkyl halides is 3. The van der Waals surface area contributed by atoms with Crippen LogP contribution in [-0.4, -0.2) is 18.1 Å². The van der Waals surface area contributed by atoms with E-state index in [1.165, 1.54) is 6.07 Å². The molecule has 1 aliphatic heterocycles. The van der Waals surface area contributed by atoms with Gasteiger partial charge in [0.25, 0.3) is 3.12 Å². The molecule has 0 atom stereocenters. The fourth-order valence-corrected chi connectivity index (χ4v) is 3.55. The van der Waals surface area contributed by atoms with E-state index in [4.69, 9.17) is 34.8 Å². The number of nitrogens with one attached hydrogen (secondary N) is 1. The van der Waals surface area contributed by atoms with E-state index in [1.807, 2.05) is 0 Å². The second-order valence-electron chi connectivity index (χ2n) is 4.16. The summed E-state index contributed by atoms with van der Waals surface area (Å²) in [6, 6.07) is 4.89. The fourth-order valence-electron chi connectivity index (χ4n) is 1.94. The Morgan fingerprint density at radius 2 is 1.89 bits per heavy atom. The van der Waals surface area contributed by atoms with Crippen LogP contribution in [0.25, 0.3) is 0 Å². The van der Waals surface area contributed by atoms with Crippen LogP contribution in [0.2, 0.25) is 0 Å². The monoisotopic (exact) mass is 327 g/mol. The van der Waals surface area contributed by atoms with Crippen molar-refractivity contribution in [3.63, 3.8) is 0 Å². The van der Waals surface area contributed by atoms with Crippen molar-refractivity contribution in [1.82, 2.24) is 5.32 Å². The van der Waals surface area contributed by atoms with Crippen molar-refractivity contribution in [2.75, 3.05) is 6.54 Å². The summed E-state index contributed by atoms with van der Waals surface area (Å²) < 4.78 is 21.7. The van der Waals surface area contributed by atoms with Crippen molar-refractivity contribution in [3.05, 3.63) is 29.3 Å². The zero-order valence-electron chi connectivity index (χ0n) is 9.42. The van der Waals surface area contributed by atoms with Crippen LogP contribution in [0.15, 0.2) is 23.1 Å². The Morgan fingerprint density at radius 3 is 2.56 bits per heavy atom. The molecule has 0 bridgehead atoms. The number of benzene rings is 1. The van der Waals surface area contributed by atoms with Gasteiger partial charge in [0, 0.05) is 6.54 Å². The molecule has 18 heavy (non-hydrogen) atoms. The Balaban J connectivity index is 2.46. The molecule has 0 saturated carbocycles. The van der Waals surface area contributed by atoms with Gasteiger partial charge in [-0.25, -0.2) is 8.42 Å². The summed E-state index contributed by atoms with van der Waals surface area (Å²) in [7, 11) is -3.95. The SMILES string of the molecule is O=S(=O)(c1ccc2c(c1)CNCCC2)C(Cl)(Cl)Cl. The largest absolute Gasteiger partial charge is 0.313 e. The van der Waals surface area contributed by atoms with Crippen LogP contribution < -0.4 is 5.32 Å². The van der Waals surface area contributed by atoms with Crippen molar-refractivity contribution in [2.24, 2.45) is 0 Å². The van der Waals surface area contributed by atoms with E-state index in [2.05, 4.69) is 5.32 Å². The first-order valence-corrected chi connectivity index (χ1v) is 8.08. The van der Waals surface area contributed by atoms with Crippen molar-refractivity contribution in [1.29, 1.82) is 0 Å². The van der Waals surface area contributed by atoms with Crippen LogP contribution in [0.1, 0.15) is 17.5 Å². The van der Waals surface area contributed by atoms with Crippen molar-refractivity contribution in [3.8, 4) is 0 Å².